The second kappa shape index (κ2) is 8.43. The number of halogens is 1. The molecule has 6 nitrogen and oxygen atoms in total. The number of benzene rings is 2. The van der Waals surface area contributed by atoms with Crippen LogP contribution in [-0.2, 0) is 9.53 Å². The molecule has 0 saturated heterocycles. The summed E-state index contributed by atoms with van der Waals surface area (Å²) in [5.74, 6) is -1.36. The molecule has 2 rings (SSSR count). The van der Waals surface area contributed by atoms with Crippen molar-refractivity contribution in [2.45, 2.75) is 13.8 Å². The summed E-state index contributed by atoms with van der Waals surface area (Å²) in [6.45, 7) is 3.24. The minimum atomic E-state index is -0.717. The Kier molecular flexibility index (Phi) is 6.30. The highest BCUT2D eigenvalue weighted by molar-refractivity contribution is 9.10. The molecule has 25 heavy (non-hydrogen) atoms. The highest BCUT2D eigenvalue weighted by Crippen LogP contribution is 2.17. The molecule has 0 aliphatic rings. The van der Waals surface area contributed by atoms with Gasteiger partial charge in [0.1, 0.15) is 0 Å². The molecule has 0 aliphatic heterocycles. The van der Waals surface area contributed by atoms with Crippen molar-refractivity contribution in [1.82, 2.24) is 5.32 Å². The van der Waals surface area contributed by atoms with Crippen molar-refractivity contribution in [3.05, 3.63) is 63.6 Å². The Bertz CT molecular complexity index is 820. The fraction of sp³-hybridized carbons (Fsp3) is 0.167. The van der Waals surface area contributed by atoms with E-state index in [-0.39, 0.29) is 0 Å². The quantitative estimate of drug-likeness (QED) is 0.762. The van der Waals surface area contributed by atoms with Crippen LogP contribution in [0.4, 0.5) is 10.5 Å². The first-order chi connectivity index (χ1) is 11.9. The van der Waals surface area contributed by atoms with Crippen molar-refractivity contribution in [3.63, 3.8) is 0 Å². The van der Waals surface area contributed by atoms with Crippen molar-refractivity contribution < 1.29 is 19.1 Å². The van der Waals surface area contributed by atoms with Crippen LogP contribution in [0.15, 0.2) is 46.9 Å². The summed E-state index contributed by atoms with van der Waals surface area (Å²) in [6.07, 6.45) is 0. The van der Waals surface area contributed by atoms with Crippen molar-refractivity contribution >= 4 is 39.5 Å². The lowest BCUT2D eigenvalue weighted by Gasteiger charge is -2.11. The van der Waals surface area contributed by atoms with E-state index in [0.29, 0.717) is 11.3 Å². The molecule has 0 aliphatic carbocycles. The largest absolute Gasteiger partial charge is 0.452 e. The Balaban J connectivity index is 1.84. The molecule has 130 valence electrons. The van der Waals surface area contributed by atoms with Crippen molar-refractivity contribution in [2.75, 3.05) is 11.9 Å². The molecular formula is C18H17BrN2O4. The van der Waals surface area contributed by atoms with E-state index >= 15 is 0 Å². The molecule has 3 amide bonds. The van der Waals surface area contributed by atoms with Crippen LogP contribution in [0.1, 0.15) is 21.5 Å². The maximum absolute atomic E-state index is 11.9. The van der Waals surface area contributed by atoms with E-state index in [1.54, 1.807) is 36.4 Å². The number of hydrogen-bond donors (Lipinski definition) is 2. The van der Waals surface area contributed by atoms with Crippen LogP contribution in [0.3, 0.4) is 0 Å². The van der Waals surface area contributed by atoms with Gasteiger partial charge < -0.3 is 10.1 Å². The van der Waals surface area contributed by atoms with E-state index < -0.39 is 24.5 Å². The first-order valence-corrected chi connectivity index (χ1v) is 8.26. The van der Waals surface area contributed by atoms with Crippen molar-refractivity contribution in [2.24, 2.45) is 0 Å². The topological polar surface area (TPSA) is 84.5 Å². The molecular weight excluding hydrogens is 388 g/mol. The maximum Gasteiger partial charge on any atom is 0.338 e. The van der Waals surface area contributed by atoms with Gasteiger partial charge in [0.05, 0.1) is 5.56 Å². The van der Waals surface area contributed by atoms with Gasteiger partial charge in [-0.25, -0.2) is 9.59 Å². The van der Waals surface area contributed by atoms with Crippen LogP contribution in [0.25, 0.3) is 0 Å². The summed E-state index contributed by atoms with van der Waals surface area (Å²) in [7, 11) is 0. The zero-order valence-electron chi connectivity index (χ0n) is 13.8. The third-order valence-electron chi connectivity index (χ3n) is 3.50. The zero-order chi connectivity index (χ0) is 18.4. The Labute approximate surface area is 153 Å². The lowest BCUT2D eigenvalue weighted by Crippen LogP contribution is -2.37. The second-order valence-corrected chi connectivity index (χ2v) is 6.25. The molecule has 0 aromatic heterocycles. The van der Waals surface area contributed by atoms with Crippen LogP contribution in [-0.4, -0.2) is 24.5 Å². The average molecular weight is 405 g/mol. The highest BCUT2D eigenvalue weighted by Gasteiger charge is 2.13. The number of hydrogen-bond acceptors (Lipinski definition) is 4. The molecule has 2 aromatic rings. The Morgan fingerprint density at radius 1 is 1.08 bits per heavy atom. The molecule has 0 radical (unpaired) electrons. The number of anilines is 1. The fourth-order valence-corrected chi connectivity index (χ4v) is 2.43. The lowest BCUT2D eigenvalue weighted by atomic mass is 10.1. The maximum atomic E-state index is 11.9. The van der Waals surface area contributed by atoms with Gasteiger partial charge in [-0.1, -0.05) is 34.1 Å². The number of urea groups is 1. The minimum absolute atomic E-state index is 0.307. The molecule has 2 aromatic carbocycles. The molecule has 0 atom stereocenters. The van der Waals surface area contributed by atoms with Crippen molar-refractivity contribution in [3.8, 4) is 0 Å². The van der Waals surface area contributed by atoms with E-state index in [2.05, 4.69) is 26.6 Å². The van der Waals surface area contributed by atoms with Gasteiger partial charge in [-0.2, -0.15) is 0 Å². The van der Waals surface area contributed by atoms with Gasteiger partial charge in [0, 0.05) is 10.2 Å². The number of rotatable bonds is 4. The third-order valence-corrected chi connectivity index (χ3v) is 3.99. The number of ether oxygens (including phenoxy) is 1. The van der Waals surface area contributed by atoms with Gasteiger partial charge in [0.25, 0.3) is 5.91 Å². The average Bonchev–Trinajstić information content (AvgIpc) is 2.56. The summed E-state index contributed by atoms with van der Waals surface area (Å²) >= 11 is 3.25. The van der Waals surface area contributed by atoms with E-state index in [0.717, 1.165) is 15.6 Å². The van der Waals surface area contributed by atoms with Gasteiger partial charge in [-0.05, 0) is 49.2 Å². The van der Waals surface area contributed by atoms with Gasteiger partial charge >= 0.3 is 12.0 Å². The van der Waals surface area contributed by atoms with Gasteiger partial charge in [-0.15, -0.1) is 0 Å². The third kappa shape index (κ3) is 5.42. The van der Waals surface area contributed by atoms with Crippen LogP contribution in [0.5, 0.6) is 0 Å². The smallest absolute Gasteiger partial charge is 0.338 e. The highest BCUT2D eigenvalue weighted by atomic mass is 79.9. The first-order valence-electron chi connectivity index (χ1n) is 7.46. The fourth-order valence-electron chi connectivity index (χ4n) is 2.03. The zero-order valence-corrected chi connectivity index (χ0v) is 15.3. The number of esters is 1. The molecule has 0 spiro atoms. The summed E-state index contributed by atoms with van der Waals surface area (Å²) in [6, 6.07) is 11.4. The van der Waals surface area contributed by atoms with E-state index in [1.165, 1.54) is 0 Å². The molecule has 7 heteroatoms. The van der Waals surface area contributed by atoms with E-state index in [4.69, 9.17) is 4.74 Å². The number of nitrogens with one attached hydrogen (secondary N) is 2. The lowest BCUT2D eigenvalue weighted by molar-refractivity contribution is -0.123. The molecule has 0 saturated carbocycles. The predicted octanol–water partition coefficient (Wildman–Crippen LogP) is 3.57. The van der Waals surface area contributed by atoms with Gasteiger partial charge in [0.2, 0.25) is 0 Å². The molecule has 0 bridgehead atoms. The standard InChI is InChI=1S/C18H17BrN2O4/c1-11-5-3-8-15(12(11)2)20-18(24)21-16(22)10-25-17(23)13-6-4-7-14(19)9-13/h3-9H,10H2,1-2H3,(H2,20,21,22,24). The second-order valence-electron chi connectivity index (χ2n) is 5.34. The molecule has 0 heterocycles. The molecule has 0 unspecified atom stereocenters. The number of amides is 3. The summed E-state index contributed by atoms with van der Waals surface area (Å²) in [4.78, 5) is 35.4. The van der Waals surface area contributed by atoms with Gasteiger partial charge in [-0.3, -0.25) is 10.1 Å². The van der Waals surface area contributed by atoms with Crippen LogP contribution in [0.2, 0.25) is 0 Å². The molecule has 0 fully saturated rings. The number of imide groups is 1. The monoisotopic (exact) mass is 404 g/mol. The SMILES string of the molecule is Cc1cccc(NC(=O)NC(=O)COC(=O)c2cccc(Br)c2)c1C. The van der Waals surface area contributed by atoms with Crippen LogP contribution >= 0.6 is 15.9 Å². The Morgan fingerprint density at radius 3 is 2.52 bits per heavy atom. The van der Waals surface area contributed by atoms with Gasteiger partial charge in [0.15, 0.2) is 6.61 Å². The number of carbonyl (C=O) groups excluding carboxylic acids is 3. The minimum Gasteiger partial charge on any atom is -0.452 e. The molecule has 2 N–H and O–H groups in total. The Hall–Kier alpha value is -2.67. The number of aryl methyl sites for hydroxylation is 1. The van der Waals surface area contributed by atoms with Crippen LogP contribution in [0, 0.1) is 13.8 Å². The van der Waals surface area contributed by atoms with Crippen molar-refractivity contribution in [1.29, 1.82) is 0 Å². The summed E-state index contributed by atoms with van der Waals surface area (Å²) in [5, 5.41) is 4.71. The normalized spacial score (nSPS) is 10.0. The predicted molar refractivity (Wildman–Crippen MR) is 97.5 cm³/mol. The first kappa shape index (κ1) is 18.7. The Morgan fingerprint density at radius 2 is 1.80 bits per heavy atom. The summed E-state index contributed by atoms with van der Waals surface area (Å²) < 4.78 is 5.61. The van der Waals surface area contributed by atoms with E-state index in [9.17, 15) is 14.4 Å². The van der Waals surface area contributed by atoms with Crippen LogP contribution < -0.4 is 10.6 Å². The summed E-state index contributed by atoms with van der Waals surface area (Å²) in [5.41, 5.74) is 2.84. The number of carbonyl (C=O) groups is 3. The van der Waals surface area contributed by atoms with E-state index in [1.807, 2.05) is 19.9 Å².